The summed E-state index contributed by atoms with van der Waals surface area (Å²) in [6, 6.07) is 10.5. The molecule has 0 fully saturated rings. The number of benzene rings is 1. The van der Waals surface area contributed by atoms with Crippen molar-refractivity contribution in [2.75, 3.05) is 13.6 Å². The Morgan fingerprint density at radius 3 is 2.87 bits per heavy atom. The lowest BCUT2D eigenvalue weighted by Crippen LogP contribution is -2.26. The molecule has 1 aliphatic heterocycles. The van der Waals surface area contributed by atoms with Crippen LogP contribution in [0.2, 0.25) is 0 Å². The van der Waals surface area contributed by atoms with Crippen molar-refractivity contribution in [2.24, 2.45) is 4.99 Å². The molecule has 2 rings (SSSR count). The maximum Gasteiger partial charge on any atom is 0.164 e. The molecule has 2 nitrogen and oxygen atoms in total. The molecule has 1 aliphatic rings. The van der Waals surface area contributed by atoms with Crippen molar-refractivity contribution in [1.82, 2.24) is 4.90 Å². The van der Waals surface area contributed by atoms with Gasteiger partial charge in [-0.1, -0.05) is 42.1 Å². The third kappa shape index (κ3) is 2.86. The molecule has 0 saturated heterocycles. The lowest BCUT2D eigenvalue weighted by molar-refractivity contribution is 0.568. The van der Waals surface area contributed by atoms with Crippen molar-refractivity contribution in [3.05, 3.63) is 48.2 Å². The van der Waals surface area contributed by atoms with E-state index in [-0.39, 0.29) is 0 Å². The number of rotatable bonds is 2. The molecule has 1 heterocycles. The molecule has 0 aromatic heterocycles. The lowest BCUT2D eigenvalue weighted by atomic mass is 10.2. The second-order valence-electron chi connectivity index (χ2n) is 3.45. The highest BCUT2D eigenvalue weighted by Crippen LogP contribution is 2.17. The van der Waals surface area contributed by atoms with Gasteiger partial charge in [-0.15, -0.1) is 0 Å². The second-order valence-corrected chi connectivity index (χ2v) is 4.39. The molecule has 0 N–H and O–H groups in total. The van der Waals surface area contributed by atoms with E-state index in [1.54, 1.807) is 11.8 Å². The maximum absolute atomic E-state index is 4.35. The van der Waals surface area contributed by atoms with Gasteiger partial charge in [-0.25, -0.2) is 4.99 Å². The average molecular weight is 218 g/mol. The van der Waals surface area contributed by atoms with E-state index >= 15 is 0 Å². The van der Waals surface area contributed by atoms with E-state index in [9.17, 15) is 0 Å². The Bertz CT molecular complexity index is 370. The van der Waals surface area contributed by atoms with Crippen LogP contribution in [-0.2, 0) is 5.75 Å². The fourth-order valence-electron chi connectivity index (χ4n) is 1.37. The van der Waals surface area contributed by atoms with E-state index < -0.39 is 0 Å². The molecule has 0 aliphatic carbocycles. The van der Waals surface area contributed by atoms with Gasteiger partial charge in [0.15, 0.2) is 5.17 Å². The molecular formula is C12H14N2S. The molecule has 0 amide bonds. The fraction of sp³-hybridized carbons (Fsp3) is 0.250. The predicted octanol–water partition coefficient (Wildman–Crippen LogP) is 2.73. The summed E-state index contributed by atoms with van der Waals surface area (Å²) in [6.45, 7) is 0.959. The summed E-state index contributed by atoms with van der Waals surface area (Å²) in [7, 11) is 2.07. The van der Waals surface area contributed by atoms with Crippen LogP contribution in [0.25, 0.3) is 0 Å². The van der Waals surface area contributed by atoms with Crippen LogP contribution in [0.15, 0.2) is 47.6 Å². The summed E-state index contributed by atoms with van der Waals surface area (Å²) < 4.78 is 0. The first-order valence-electron chi connectivity index (χ1n) is 4.97. The molecule has 0 saturated carbocycles. The third-order valence-electron chi connectivity index (χ3n) is 2.21. The van der Waals surface area contributed by atoms with Crippen LogP contribution >= 0.6 is 11.8 Å². The molecular weight excluding hydrogens is 204 g/mol. The second kappa shape index (κ2) is 5.03. The molecule has 0 unspecified atom stereocenters. The van der Waals surface area contributed by atoms with Crippen molar-refractivity contribution in [3.63, 3.8) is 0 Å². The van der Waals surface area contributed by atoms with Crippen LogP contribution in [0.1, 0.15) is 5.56 Å². The summed E-state index contributed by atoms with van der Waals surface area (Å²) in [5.41, 5.74) is 1.34. The number of hydrogen-bond acceptors (Lipinski definition) is 3. The van der Waals surface area contributed by atoms with E-state index in [2.05, 4.69) is 47.3 Å². The highest BCUT2D eigenvalue weighted by Gasteiger charge is 2.07. The average Bonchev–Trinajstić information content (AvgIpc) is 2.29. The number of hydrogen-bond donors (Lipinski definition) is 0. The largest absolute Gasteiger partial charge is 0.350 e. The van der Waals surface area contributed by atoms with Crippen LogP contribution in [0.4, 0.5) is 0 Å². The number of likely N-dealkylation sites (N-methyl/N-ethyl adjacent to an activating group) is 1. The van der Waals surface area contributed by atoms with E-state index in [0.717, 1.165) is 17.5 Å². The standard InChI is InChI=1S/C12H14N2S/c1-14-9-5-8-13-12(14)15-10-11-6-3-2-4-7-11/h2-8H,9-10H2,1H3. The Hall–Kier alpha value is -1.22. The highest BCUT2D eigenvalue weighted by molar-refractivity contribution is 8.13. The molecule has 15 heavy (non-hydrogen) atoms. The quantitative estimate of drug-likeness (QED) is 0.758. The van der Waals surface area contributed by atoms with Crippen molar-refractivity contribution in [2.45, 2.75) is 5.75 Å². The van der Waals surface area contributed by atoms with Gasteiger partial charge in [-0.2, -0.15) is 0 Å². The first kappa shape index (κ1) is 10.3. The molecule has 0 atom stereocenters. The van der Waals surface area contributed by atoms with Gasteiger partial charge in [0.05, 0.1) is 0 Å². The normalized spacial score (nSPS) is 15.3. The number of amidine groups is 1. The van der Waals surface area contributed by atoms with Crippen LogP contribution in [0.5, 0.6) is 0 Å². The molecule has 3 heteroatoms. The zero-order chi connectivity index (χ0) is 10.5. The minimum Gasteiger partial charge on any atom is -0.350 e. The topological polar surface area (TPSA) is 15.6 Å². The summed E-state index contributed by atoms with van der Waals surface area (Å²) in [5.74, 6) is 0.984. The van der Waals surface area contributed by atoms with Crippen LogP contribution in [0, 0.1) is 0 Å². The van der Waals surface area contributed by atoms with Crippen molar-refractivity contribution < 1.29 is 0 Å². The van der Waals surface area contributed by atoms with Crippen molar-refractivity contribution in [1.29, 1.82) is 0 Å². The SMILES string of the molecule is CN1CC=CN=C1SCc1ccccc1. The number of nitrogens with zero attached hydrogens (tertiary/aromatic N) is 2. The number of aliphatic imine (C=N–C) groups is 1. The maximum atomic E-state index is 4.35. The molecule has 0 spiro atoms. The smallest absolute Gasteiger partial charge is 0.164 e. The van der Waals surface area contributed by atoms with Gasteiger partial charge in [0.1, 0.15) is 0 Å². The zero-order valence-corrected chi connectivity index (χ0v) is 9.57. The highest BCUT2D eigenvalue weighted by atomic mass is 32.2. The lowest BCUT2D eigenvalue weighted by Gasteiger charge is -2.20. The predicted molar refractivity (Wildman–Crippen MR) is 66.9 cm³/mol. The van der Waals surface area contributed by atoms with Gasteiger partial charge in [-0.05, 0) is 11.6 Å². The van der Waals surface area contributed by atoms with E-state index in [1.165, 1.54) is 5.56 Å². The zero-order valence-electron chi connectivity index (χ0n) is 8.76. The number of thioether (sulfide) groups is 1. The Morgan fingerprint density at radius 1 is 1.33 bits per heavy atom. The van der Waals surface area contributed by atoms with Gasteiger partial charge in [0.25, 0.3) is 0 Å². The van der Waals surface area contributed by atoms with Gasteiger partial charge in [-0.3, -0.25) is 0 Å². The van der Waals surface area contributed by atoms with Crippen molar-refractivity contribution >= 4 is 16.9 Å². The van der Waals surface area contributed by atoms with E-state index in [0.29, 0.717) is 0 Å². The van der Waals surface area contributed by atoms with E-state index in [4.69, 9.17) is 0 Å². The van der Waals surface area contributed by atoms with Crippen LogP contribution in [-0.4, -0.2) is 23.7 Å². The molecule has 78 valence electrons. The van der Waals surface area contributed by atoms with Gasteiger partial charge in [0.2, 0.25) is 0 Å². The third-order valence-corrected chi connectivity index (χ3v) is 3.36. The van der Waals surface area contributed by atoms with Crippen LogP contribution in [0.3, 0.4) is 0 Å². The minimum atomic E-state index is 0.959. The summed E-state index contributed by atoms with van der Waals surface area (Å²) in [5, 5.41) is 1.10. The fourth-order valence-corrected chi connectivity index (χ4v) is 2.29. The Balaban J connectivity index is 1.93. The Morgan fingerprint density at radius 2 is 2.13 bits per heavy atom. The summed E-state index contributed by atoms with van der Waals surface area (Å²) in [6.07, 6.45) is 3.94. The first-order chi connectivity index (χ1) is 7.36. The van der Waals surface area contributed by atoms with Crippen LogP contribution < -0.4 is 0 Å². The van der Waals surface area contributed by atoms with Gasteiger partial charge >= 0.3 is 0 Å². The molecule has 0 bridgehead atoms. The molecule has 0 radical (unpaired) electrons. The minimum absolute atomic E-state index is 0.959. The van der Waals surface area contributed by atoms with Crippen molar-refractivity contribution in [3.8, 4) is 0 Å². The summed E-state index contributed by atoms with van der Waals surface area (Å²) in [4.78, 5) is 6.51. The first-order valence-corrected chi connectivity index (χ1v) is 5.95. The van der Waals surface area contributed by atoms with Gasteiger partial charge < -0.3 is 4.90 Å². The molecule has 1 aromatic carbocycles. The van der Waals surface area contributed by atoms with E-state index in [1.807, 2.05) is 12.3 Å². The Labute approximate surface area is 94.7 Å². The monoisotopic (exact) mass is 218 g/mol. The Kier molecular flexibility index (Phi) is 3.45. The molecule has 1 aromatic rings. The summed E-state index contributed by atoms with van der Waals surface area (Å²) >= 11 is 1.78. The van der Waals surface area contributed by atoms with Gasteiger partial charge in [0, 0.05) is 25.5 Å².